The van der Waals surface area contributed by atoms with E-state index in [9.17, 15) is 5.26 Å². The maximum Gasteiger partial charge on any atom is 0.0990 e. The van der Waals surface area contributed by atoms with Gasteiger partial charge in [-0.15, -0.1) is 0 Å². The molecule has 1 heterocycles. The van der Waals surface area contributed by atoms with Crippen molar-refractivity contribution in [2.45, 2.75) is 44.1 Å². The number of nitriles is 1. The lowest BCUT2D eigenvalue weighted by atomic mass is 9.68. The van der Waals surface area contributed by atoms with Crippen LogP contribution < -0.4 is 0 Å². The van der Waals surface area contributed by atoms with Gasteiger partial charge in [-0.05, 0) is 44.1 Å². The van der Waals surface area contributed by atoms with Crippen LogP contribution in [0.5, 0.6) is 0 Å². The second-order valence-electron chi connectivity index (χ2n) is 4.89. The first kappa shape index (κ1) is 8.96. The van der Waals surface area contributed by atoms with Crippen LogP contribution in [0.25, 0.3) is 0 Å². The van der Waals surface area contributed by atoms with Crippen molar-refractivity contribution in [2.24, 2.45) is 5.92 Å². The Morgan fingerprint density at radius 2 is 2.33 bits per heavy atom. The highest BCUT2D eigenvalue weighted by atomic mass is 15.3. The minimum absolute atomic E-state index is 0.203. The lowest BCUT2D eigenvalue weighted by Crippen LogP contribution is -2.35. The van der Waals surface area contributed by atoms with Gasteiger partial charge in [-0.1, -0.05) is 0 Å². The summed E-state index contributed by atoms with van der Waals surface area (Å²) >= 11 is 0. The molecule has 0 N–H and O–H groups in total. The topological polar surface area (TPSA) is 41.6 Å². The lowest BCUT2D eigenvalue weighted by molar-refractivity contribution is 0.298. The van der Waals surface area contributed by atoms with Crippen LogP contribution in [0.2, 0.25) is 0 Å². The molecule has 2 aliphatic rings. The number of aromatic nitrogens is 2. The maximum absolute atomic E-state index is 9.29. The van der Waals surface area contributed by atoms with Crippen LogP contribution in [0.4, 0.5) is 0 Å². The molecular weight excluding hydrogens is 186 g/mol. The Bertz CT molecular complexity index is 405. The fourth-order valence-electron chi connectivity index (χ4n) is 2.39. The highest BCUT2D eigenvalue weighted by molar-refractivity contribution is 5.29. The summed E-state index contributed by atoms with van der Waals surface area (Å²) in [5.41, 5.74) is 0.953. The van der Waals surface area contributed by atoms with Gasteiger partial charge in [0, 0.05) is 12.7 Å². The van der Waals surface area contributed by atoms with Gasteiger partial charge in [-0.25, -0.2) is 0 Å². The summed E-state index contributed by atoms with van der Waals surface area (Å²) < 4.78 is 2.07. The minimum Gasteiger partial charge on any atom is -0.268 e. The molecule has 0 aromatic carbocycles. The maximum atomic E-state index is 9.29. The first-order valence-corrected chi connectivity index (χ1v) is 5.78. The molecule has 0 amide bonds. The minimum atomic E-state index is -0.203. The zero-order valence-corrected chi connectivity index (χ0v) is 8.82. The third kappa shape index (κ3) is 1.36. The monoisotopic (exact) mass is 201 g/mol. The first-order valence-electron chi connectivity index (χ1n) is 5.78. The van der Waals surface area contributed by atoms with Crippen molar-refractivity contribution >= 4 is 0 Å². The van der Waals surface area contributed by atoms with Crippen molar-refractivity contribution in [1.82, 2.24) is 9.78 Å². The van der Waals surface area contributed by atoms with Crippen molar-refractivity contribution in [3.8, 4) is 6.07 Å². The summed E-state index contributed by atoms with van der Waals surface area (Å²) in [5.74, 6) is 0.819. The fourth-order valence-corrected chi connectivity index (χ4v) is 2.39. The van der Waals surface area contributed by atoms with Gasteiger partial charge in [-0.2, -0.15) is 10.4 Å². The van der Waals surface area contributed by atoms with Gasteiger partial charge in [-0.3, -0.25) is 4.68 Å². The van der Waals surface area contributed by atoms with E-state index in [0.717, 1.165) is 31.0 Å². The van der Waals surface area contributed by atoms with Crippen LogP contribution in [0.1, 0.15) is 37.8 Å². The summed E-state index contributed by atoms with van der Waals surface area (Å²) in [4.78, 5) is 0. The highest BCUT2D eigenvalue weighted by Gasteiger charge is 2.42. The summed E-state index contributed by atoms with van der Waals surface area (Å²) in [6.45, 7) is 1.02. The number of hydrogen-bond donors (Lipinski definition) is 0. The average molecular weight is 201 g/mol. The average Bonchev–Trinajstić information content (AvgIpc) is 2.86. The predicted molar refractivity (Wildman–Crippen MR) is 56.1 cm³/mol. The normalized spacial score (nSPS) is 23.1. The van der Waals surface area contributed by atoms with E-state index in [1.165, 1.54) is 19.3 Å². The lowest BCUT2D eigenvalue weighted by Gasteiger charge is -2.35. The smallest absolute Gasteiger partial charge is 0.0990 e. The van der Waals surface area contributed by atoms with Gasteiger partial charge < -0.3 is 0 Å². The van der Waals surface area contributed by atoms with Crippen LogP contribution >= 0.6 is 0 Å². The Morgan fingerprint density at radius 1 is 1.53 bits per heavy atom. The van der Waals surface area contributed by atoms with Gasteiger partial charge in [0.25, 0.3) is 0 Å². The standard InChI is InChI=1S/C12H15N3/c13-9-12(5-1-6-12)11-4-7-14-15(11)8-10-2-3-10/h4,7,10H,1-3,5-6,8H2. The number of nitrogens with zero attached hydrogens (tertiary/aromatic N) is 3. The molecule has 0 unspecified atom stereocenters. The second-order valence-corrected chi connectivity index (χ2v) is 4.89. The second kappa shape index (κ2) is 3.10. The Balaban J connectivity index is 1.90. The summed E-state index contributed by atoms with van der Waals surface area (Å²) in [6.07, 6.45) is 7.72. The first-order chi connectivity index (χ1) is 7.34. The Labute approximate surface area is 89.7 Å². The molecule has 0 saturated heterocycles. The molecule has 0 spiro atoms. The molecule has 3 rings (SSSR count). The van der Waals surface area contributed by atoms with Crippen LogP contribution in [-0.4, -0.2) is 9.78 Å². The van der Waals surface area contributed by atoms with Crippen molar-refractivity contribution in [1.29, 1.82) is 5.26 Å². The van der Waals surface area contributed by atoms with Crippen LogP contribution in [0, 0.1) is 17.2 Å². The van der Waals surface area contributed by atoms with Crippen LogP contribution in [-0.2, 0) is 12.0 Å². The third-order valence-corrected chi connectivity index (χ3v) is 3.76. The fraction of sp³-hybridized carbons (Fsp3) is 0.667. The van der Waals surface area contributed by atoms with Crippen LogP contribution in [0.15, 0.2) is 12.3 Å². The van der Waals surface area contributed by atoms with E-state index >= 15 is 0 Å². The van der Waals surface area contributed by atoms with Crippen molar-refractivity contribution < 1.29 is 0 Å². The van der Waals surface area contributed by atoms with E-state index < -0.39 is 0 Å². The van der Waals surface area contributed by atoms with Crippen molar-refractivity contribution in [2.75, 3.05) is 0 Å². The number of hydrogen-bond acceptors (Lipinski definition) is 2. The van der Waals surface area contributed by atoms with E-state index in [0.29, 0.717) is 0 Å². The Hall–Kier alpha value is -1.30. The molecule has 2 saturated carbocycles. The predicted octanol–water partition coefficient (Wildman–Crippen LogP) is 2.24. The van der Waals surface area contributed by atoms with Gasteiger partial charge in [0.15, 0.2) is 0 Å². The molecule has 0 bridgehead atoms. The molecule has 0 aliphatic heterocycles. The van der Waals surface area contributed by atoms with E-state index in [2.05, 4.69) is 15.8 Å². The molecular formula is C12H15N3. The molecule has 2 aliphatic carbocycles. The third-order valence-electron chi connectivity index (χ3n) is 3.76. The molecule has 1 aromatic rings. The van der Waals surface area contributed by atoms with E-state index in [1.54, 1.807) is 0 Å². The quantitative estimate of drug-likeness (QED) is 0.752. The summed E-state index contributed by atoms with van der Waals surface area (Å²) in [6, 6.07) is 4.52. The number of rotatable bonds is 3. The highest BCUT2D eigenvalue weighted by Crippen LogP contribution is 2.43. The van der Waals surface area contributed by atoms with E-state index in [1.807, 2.05) is 12.3 Å². The molecule has 1 aromatic heterocycles. The summed E-state index contributed by atoms with van der Waals surface area (Å²) in [5, 5.41) is 13.6. The largest absolute Gasteiger partial charge is 0.268 e. The molecule has 2 fully saturated rings. The van der Waals surface area contributed by atoms with Gasteiger partial charge in [0.2, 0.25) is 0 Å². The Morgan fingerprint density at radius 3 is 2.87 bits per heavy atom. The Kier molecular flexibility index (Phi) is 1.85. The van der Waals surface area contributed by atoms with Gasteiger partial charge in [0.05, 0.1) is 17.2 Å². The zero-order valence-electron chi connectivity index (χ0n) is 8.82. The SMILES string of the molecule is N#CC1(c2ccnn2CC2CC2)CCC1. The van der Waals surface area contributed by atoms with E-state index in [4.69, 9.17) is 0 Å². The molecule has 78 valence electrons. The molecule has 0 radical (unpaired) electrons. The molecule has 0 atom stereocenters. The molecule has 3 nitrogen and oxygen atoms in total. The van der Waals surface area contributed by atoms with Crippen molar-refractivity contribution in [3.63, 3.8) is 0 Å². The zero-order chi connectivity index (χ0) is 10.3. The van der Waals surface area contributed by atoms with Crippen molar-refractivity contribution in [3.05, 3.63) is 18.0 Å². The van der Waals surface area contributed by atoms with Gasteiger partial charge >= 0.3 is 0 Å². The summed E-state index contributed by atoms with van der Waals surface area (Å²) in [7, 11) is 0. The van der Waals surface area contributed by atoms with Gasteiger partial charge in [0.1, 0.15) is 0 Å². The molecule has 3 heteroatoms. The van der Waals surface area contributed by atoms with Crippen LogP contribution in [0.3, 0.4) is 0 Å². The molecule has 15 heavy (non-hydrogen) atoms. The van der Waals surface area contributed by atoms with E-state index in [-0.39, 0.29) is 5.41 Å².